The Morgan fingerprint density at radius 2 is 1.95 bits per heavy atom. The Balaban J connectivity index is 2.02. The largest absolute Gasteiger partial charge is 0.467 e. The van der Waals surface area contributed by atoms with Crippen molar-refractivity contribution in [2.75, 3.05) is 0 Å². The summed E-state index contributed by atoms with van der Waals surface area (Å²) in [7, 11) is 0. The van der Waals surface area contributed by atoms with E-state index in [1.807, 2.05) is 13.8 Å². The summed E-state index contributed by atoms with van der Waals surface area (Å²) in [6, 6.07) is 5.06. The molecule has 0 saturated heterocycles. The normalized spacial score (nSPS) is 10.4. The predicted octanol–water partition coefficient (Wildman–Crippen LogP) is 1.74. The molecule has 0 spiro atoms. The zero-order valence-electron chi connectivity index (χ0n) is 11.9. The van der Waals surface area contributed by atoms with Crippen LogP contribution < -0.4 is 10.6 Å². The fourth-order valence-corrected chi connectivity index (χ4v) is 1.72. The highest BCUT2D eigenvalue weighted by Gasteiger charge is 2.12. The monoisotopic (exact) mass is 287 g/mol. The summed E-state index contributed by atoms with van der Waals surface area (Å²) < 4.78 is 5.13. The Hall–Kier alpha value is -2.63. The van der Waals surface area contributed by atoms with Gasteiger partial charge in [0.25, 0.3) is 11.8 Å². The van der Waals surface area contributed by atoms with E-state index in [9.17, 15) is 9.59 Å². The SMILES string of the molecule is CC(C)NC(=O)c1cncc(C(=O)NCc2ccco2)c1. The van der Waals surface area contributed by atoms with Gasteiger partial charge in [-0.1, -0.05) is 0 Å². The molecular formula is C15H17N3O3. The van der Waals surface area contributed by atoms with E-state index in [1.54, 1.807) is 18.4 Å². The Labute approximate surface area is 122 Å². The van der Waals surface area contributed by atoms with Crippen LogP contribution >= 0.6 is 0 Å². The molecule has 2 aromatic heterocycles. The number of aromatic nitrogens is 1. The summed E-state index contributed by atoms with van der Waals surface area (Å²) in [4.78, 5) is 27.8. The van der Waals surface area contributed by atoms with Gasteiger partial charge in [0, 0.05) is 18.4 Å². The number of hydrogen-bond acceptors (Lipinski definition) is 4. The standard InChI is InChI=1S/C15H17N3O3/c1-10(2)18-15(20)12-6-11(7-16-8-12)14(19)17-9-13-4-3-5-21-13/h3-8,10H,9H2,1-2H3,(H,17,19)(H,18,20). The lowest BCUT2D eigenvalue weighted by atomic mass is 10.1. The minimum Gasteiger partial charge on any atom is -0.467 e. The zero-order valence-corrected chi connectivity index (χ0v) is 11.9. The van der Waals surface area contributed by atoms with Gasteiger partial charge in [0.05, 0.1) is 23.9 Å². The first-order valence-electron chi connectivity index (χ1n) is 6.62. The lowest BCUT2D eigenvalue weighted by Crippen LogP contribution is -2.30. The minimum absolute atomic E-state index is 0.0222. The quantitative estimate of drug-likeness (QED) is 0.877. The Kier molecular flexibility index (Phi) is 4.71. The number of pyridine rings is 1. The van der Waals surface area contributed by atoms with Gasteiger partial charge in [-0.3, -0.25) is 14.6 Å². The van der Waals surface area contributed by atoms with Crippen molar-refractivity contribution in [1.29, 1.82) is 0 Å². The molecule has 2 heterocycles. The molecule has 0 aliphatic rings. The summed E-state index contributed by atoms with van der Waals surface area (Å²) >= 11 is 0. The van der Waals surface area contributed by atoms with Crippen molar-refractivity contribution in [3.63, 3.8) is 0 Å². The van der Waals surface area contributed by atoms with Gasteiger partial charge in [0.1, 0.15) is 5.76 Å². The molecule has 0 saturated carbocycles. The van der Waals surface area contributed by atoms with Crippen molar-refractivity contribution < 1.29 is 14.0 Å². The zero-order chi connectivity index (χ0) is 15.2. The van der Waals surface area contributed by atoms with Crippen LogP contribution in [-0.4, -0.2) is 22.8 Å². The van der Waals surface area contributed by atoms with Crippen molar-refractivity contribution in [1.82, 2.24) is 15.6 Å². The van der Waals surface area contributed by atoms with Gasteiger partial charge < -0.3 is 15.1 Å². The highest BCUT2D eigenvalue weighted by Crippen LogP contribution is 2.05. The number of rotatable bonds is 5. The summed E-state index contributed by atoms with van der Waals surface area (Å²) in [6.45, 7) is 4.02. The smallest absolute Gasteiger partial charge is 0.253 e. The highest BCUT2D eigenvalue weighted by atomic mass is 16.3. The van der Waals surface area contributed by atoms with Gasteiger partial charge in [-0.25, -0.2) is 0 Å². The molecule has 2 N–H and O–H groups in total. The average Bonchev–Trinajstić information content (AvgIpc) is 2.97. The molecule has 110 valence electrons. The van der Waals surface area contributed by atoms with E-state index in [-0.39, 0.29) is 24.4 Å². The van der Waals surface area contributed by atoms with Crippen molar-refractivity contribution >= 4 is 11.8 Å². The van der Waals surface area contributed by atoms with Crippen LogP contribution in [0.1, 0.15) is 40.3 Å². The molecule has 21 heavy (non-hydrogen) atoms. The first-order valence-corrected chi connectivity index (χ1v) is 6.62. The lowest BCUT2D eigenvalue weighted by Gasteiger charge is -2.09. The second-order valence-corrected chi connectivity index (χ2v) is 4.85. The Morgan fingerprint density at radius 1 is 1.24 bits per heavy atom. The van der Waals surface area contributed by atoms with Crippen LogP contribution in [0.3, 0.4) is 0 Å². The van der Waals surface area contributed by atoms with E-state index >= 15 is 0 Å². The van der Waals surface area contributed by atoms with Gasteiger partial charge >= 0.3 is 0 Å². The molecule has 0 bridgehead atoms. The number of furan rings is 1. The molecule has 0 aliphatic carbocycles. The van der Waals surface area contributed by atoms with Crippen LogP contribution in [0.4, 0.5) is 0 Å². The van der Waals surface area contributed by atoms with E-state index in [0.717, 1.165) is 0 Å². The third-order valence-electron chi connectivity index (χ3n) is 2.69. The van der Waals surface area contributed by atoms with Crippen molar-refractivity contribution in [3.05, 3.63) is 53.7 Å². The molecule has 0 unspecified atom stereocenters. The number of nitrogens with one attached hydrogen (secondary N) is 2. The third-order valence-corrected chi connectivity index (χ3v) is 2.69. The van der Waals surface area contributed by atoms with Crippen LogP contribution in [0.2, 0.25) is 0 Å². The van der Waals surface area contributed by atoms with Crippen LogP contribution in [0.25, 0.3) is 0 Å². The molecule has 0 radical (unpaired) electrons. The summed E-state index contributed by atoms with van der Waals surface area (Å²) in [5, 5.41) is 5.46. The van der Waals surface area contributed by atoms with Gasteiger partial charge in [-0.05, 0) is 32.0 Å². The van der Waals surface area contributed by atoms with Crippen molar-refractivity contribution in [3.8, 4) is 0 Å². The van der Waals surface area contributed by atoms with Crippen molar-refractivity contribution in [2.24, 2.45) is 0 Å². The maximum Gasteiger partial charge on any atom is 0.253 e. The first kappa shape index (κ1) is 14.8. The Bertz CT molecular complexity index is 621. The summed E-state index contributed by atoms with van der Waals surface area (Å²) in [6.07, 6.45) is 4.39. The second-order valence-electron chi connectivity index (χ2n) is 4.85. The van der Waals surface area contributed by atoms with Gasteiger partial charge in [0.15, 0.2) is 0 Å². The molecule has 2 aromatic rings. The molecule has 2 amide bonds. The number of hydrogen-bond donors (Lipinski definition) is 2. The van der Waals surface area contributed by atoms with Crippen molar-refractivity contribution in [2.45, 2.75) is 26.4 Å². The van der Waals surface area contributed by atoms with Crippen LogP contribution in [0.5, 0.6) is 0 Å². The summed E-state index contributed by atoms with van der Waals surface area (Å²) in [5.74, 6) is 0.0984. The number of nitrogens with zero attached hydrogens (tertiary/aromatic N) is 1. The fourth-order valence-electron chi connectivity index (χ4n) is 1.72. The maximum absolute atomic E-state index is 12.0. The Morgan fingerprint density at radius 3 is 2.57 bits per heavy atom. The second kappa shape index (κ2) is 6.69. The molecular weight excluding hydrogens is 270 g/mol. The average molecular weight is 287 g/mol. The molecule has 0 aromatic carbocycles. The van der Waals surface area contributed by atoms with E-state index in [2.05, 4.69) is 15.6 Å². The van der Waals surface area contributed by atoms with Gasteiger partial charge in [0.2, 0.25) is 0 Å². The number of carbonyl (C=O) groups is 2. The first-order chi connectivity index (χ1) is 10.1. The maximum atomic E-state index is 12.0. The molecule has 2 rings (SSSR count). The number of amides is 2. The molecule has 0 atom stereocenters. The van der Waals surface area contributed by atoms with Gasteiger partial charge in [-0.2, -0.15) is 0 Å². The fraction of sp³-hybridized carbons (Fsp3) is 0.267. The van der Waals surface area contributed by atoms with Crippen LogP contribution in [-0.2, 0) is 6.54 Å². The number of carbonyl (C=O) groups excluding carboxylic acids is 2. The van der Waals surface area contributed by atoms with Crippen LogP contribution in [0.15, 0.2) is 41.3 Å². The third kappa shape index (κ3) is 4.17. The van der Waals surface area contributed by atoms with Crippen LogP contribution in [0, 0.1) is 0 Å². The molecule has 6 heteroatoms. The van der Waals surface area contributed by atoms with E-state index in [4.69, 9.17) is 4.42 Å². The lowest BCUT2D eigenvalue weighted by molar-refractivity contribution is 0.0942. The van der Waals surface area contributed by atoms with E-state index < -0.39 is 0 Å². The molecule has 0 aliphatic heterocycles. The highest BCUT2D eigenvalue weighted by molar-refractivity contribution is 5.99. The minimum atomic E-state index is -0.307. The topological polar surface area (TPSA) is 84.2 Å². The molecule has 0 fully saturated rings. The molecule has 6 nitrogen and oxygen atoms in total. The van der Waals surface area contributed by atoms with E-state index in [1.165, 1.54) is 18.5 Å². The predicted molar refractivity (Wildman–Crippen MR) is 76.7 cm³/mol. The van der Waals surface area contributed by atoms with Gasteiger partial charge in [-0.15, -0.1) is 0 Å². The summed E-state index contributed by atoms with van der Waals surface area (Å²) in [5.41, 5.74) is 0.687. The van der Waals surface area contributed by atoms with E-state index in [0.29, 0.717) is 16.9 Å².